The van der Waals surface area contributed by atoms with E-state index >= 15 is 4.11 Å². The molecule has 3 aromatic carbocycles. The van der Waals surface area contributed by atoms with Gasteiger partial charge in [0.15, 0.2) is 5.60 Å². The predicted molar refractivity (Wildman–Crippen MR) is 188 cm³/mol. The third-order valence-electron chi connectivity index (χ3n) is 10.8. The topological polar surface area (TPSA) is 90.4 Å². The number of carbonyl (C=O) groups is 3. The van der Waals surface area contributed by atoms with Crippen molar-refractivity contribution in [3.8, 4) is 0 Å². The molecular weight excluding hydrogens is 693 g/mol. The summed E-state index contributed by atoms with van der Waals surface area (Å²) in [6.07, 6.45) is 1.83. The van der Waals surface area contributed by atoms with Crippen LogP contribution in [0.5, 0.6) is 0 Å². The van der Waals surface area contributed by atoms with E-state index in [0.29, 0.717) is 30.6 Å². The van der Waals surface area contributed by atoms with Crippen molar-refractivity contribution in [2.75, 3.05) is 23.0 Å². The largest absolute Gasteiger partial charge is 0.394 e. The molecule has 48 heavy (non-hydrogen) atoms. The first-order valence-corrected chi connectivity index (χ1v) is 20.6. The highest BCUT2D eigenvalue weighted by Gasteiger charge is 2.67. The number of likely N-dealkylation sites (tertiary alicyclic amines) is 1. The molecule has 4 aliphatic heterocycles. The second-order valence-electron chi connectivity index (χ2n) is 14.1. The zero-order chi connectivity index (χ0) is 34.0. The lowest BCUT2D eigenvalue weighted by Crippen LogP contribution is -2.45. The molecule has 0 unspecified atom stereocenters. The molecule has 7 rings (SSSR count). The van der Waals surface area contributed by atoms with Crippen molar-refractivity contribution in [2.45, 2.75) is 82.0 Å². The minimum Gasteiger partial charge on any atom is -0.394 e. The van der Waals surface area contributed by atoms with Crippen molar-refractivity contribution in [2.24, 2.45) is 5.92 Å². The number of rotatable bonds is 7. The van der Waals surface area contributed by atoms with Crippen LogP contribution >= 0.6 is 15.9 Å². The molecule has 4 aliphatic rings. The smallest absolute Gasteiger partial charge is 0.264 e. The van der Waals surface area contributed by atoms with Crippen LogP contribution in [0.2, 0.25) is 18.6 Å². The Morgan fingerprint density at radius 2 is 1.85 bits per heavy atom. The van der Waals surface area contributed by atoms with Gasteiger partial charge in [0.1, 0.15) is 0 Å². The first-order valence-electron chi connectivity index (χ1n) is 16.8. The van der Waals surface area contributed by atoms with E-state index in [0.717, 1.165) is 39.8 Å². The molecule has 5 atom stereocenters. The molecule has 0 bridgehead atoms. The van der Waals surface area contributed by atoms with Crippen molar-refractivity contribution < 1.29 is 28.3 Å². The van der Waals surface area contributed by atoms with Crippen molar-refractivity contribution >= 4 is 59.1 Å². The summed E-state index contributed by atoms with van der Waals surface area (Å²) in [6.45, 7) is 5.81. The molecule has 0 saturated carbocycles. The Balaban J connectivity index is 1.23. The number of amides is 3. The fraction of sp³-hybridized carbons (Fsp3) is 0.432. The van der Waals surface area contributed by atoms with Gasteiger partial charge in [0.05, 0.1) is 43.1 Å². The summed E-state index contributed by atoms with van der Waals surface area (Å²) < 4.78 is 23.9. The minimum absolute atomic E-state index is 0.0225. The number of anilines is 3. The van der Waals surface area contributed by atoms with Gasteiger partial charge in [0.2, 0.25) is 20.2 Å². The zero-order valence-electron chi connectivity index (χ0n) is 27.5. The summed E-state index contributed by atoms with van der Waals surface area (Å²) in [7, 11) is -3.46. The summed E-state index contributed by atoms with van der Waals surface area (Å²) >= 11 is 3.59. The van der Waals surface area contributed by atoms with E-state index in [1.807, 2.05) is 73.7 Å². The number of aliphatic hydroxyl groups is 1. The van der Waals surface area contributed by atoms with Crippen molar-refractivity contribution in [3.63, 3.8) is 0 Å². The van der Waals surface area contributed by atoms with Crippen LogP contribution < -0.4 is 9.80 Å². The average molecular weight is 735 g/mol. The lowest BCUT2D eigenvalue weighted by molar-refractivity contribution is -0.150. The summed E-state index contributed by atoms with van der Waals surface area (Å²) in [6, 6.07) is 21.0. The van der Waals surface area contributed by atoms with Crippen LogP contribution in [-0.2, 0) is 37.7 Å². The molecule has 252 valence electrons. The Hall–Kier alpha value is -3.38. The number of aryl methyl sites for hydroxylation is 1. The van der Waals surface area contributed by atoms with Gasteiger partial charge in [-0.25, -0.2) is 0 Å². The van der Waals surface area contributed by atoms with Crippen LogP contribution in [0.3, 0.4) is 0 Å². The lowest BCUT2D eigenvalue weighted by Gasteiger charge is -2.31. The van der Waals surface area contributed by atoms with Crippen molar-refractivity contribution in [3.05, 3.63) is 87.9 Å². The molecule has 1 spiro atoms. The number of fused-ring (bicyclic) bond motifs is 3. The van der Waals surface area contributed by atoms with E-state index in [1.165, 1.54) is 0 Å². The molecule has 11 heteroatoms. The number of hydrogen-bond acceptors (Lipinski definition) is 5. The summed E-state index contributed by atoms with van der Waals surface area (Å²) in [5.41, 5.74) is 2.83. The third kappa shape index (κ3) is 5.43. The molecule has 0 aliphatic carbocycles. The van der Waals surface area contributed by atoms with Crippen molar-refractivity contribution in [1.82, 2.24) is 4.90 Å². The Labute approximate surface area is 290 Å². The first-order chi connectivity index (χ1) is 22.9. The minimum atomic E-state index is -3.46. The molecule has 3 amide bonds. The number of aliphatic hydroxyl groups excluding tert-OH is 1. The number of hydrogen-bond donors (Lipinski definition) is 1. The molecule has 8 nitrogen and oxygen atoms in total. The molecule has 4 heterocycles. The second-order valence-corrected chi connectivity index (χ2v) is 18.8. The Morgan fingerprint density at radius 3 is 2.62 bits per heavy atom. The van der Waals surface area contributed by atoms with Crippen LogP contribution in [0.1, 0.15) is 49.3 Å². The van der Waals surface area contributed by atoms with Gasteiger partial charge in [-0.15, -0.1) is 0 Å². The van der Waals surface area contributed by atoms with Gasteiger partial charge >= 0.3 is 0 Å². The standard InChI is InChI=1S/C37H41BrFN3O5Si/c1-23-35(48(2,3)39)32(20-34(45)40-17-7-11-28(40)22-43)47-37(23)29-19-26(38)14-15-31(29)41(36(37)46)21-24-8-6-10-27(18-24)42-30-12-5-4-9-25(30)13-16-33(42)44/h4-6,8-10,12,14-15,18-19,23,28,32,35,43H,7,11,13,16-17,20-22H2,1-3H3/t23-,28-,32+,35-,37+/m0/s1. The average Bonchev–Trinajstić information content (AvgIpc) is 3.71. The van der Waals surface area contributed by atoms with Crippen LogP contribution in [0, 0.1) is 5.92 Å². The summed E-state index contributed by atoms with van der Waals surface area (Å²) in [4.78, 5) is 46.8. The highest BCUT2D eigenvalue weighted by Crippen LogP contribution is 2.60. The van der Waals surface area contributed by atoms with E-state index in [1.54, 1.807) is 27.8 Å². The van der Waals surface area contributed by atoms with Crippen LogP contribution in [0.15, 0.2) is 71.2 Å². The number of benzene rings is 3. The monoisotopic (exact) mass is 733 g/mol. The van der Waals surface area contributed by atoms with Gasteiger partial charge in [-0.05, 0) is 79.9 Å². The fourth-order valence-corrected chi connectivity index (χ4v) is 11.6. The molecule has 2 fully saturated rings. The van der Waals surface area contributed by atoms with Gasteiger partial charge < -0.3 is 23.8 Å². The maximum atomic E-state index is 16.3. The van der Waals surface area contributed by atoms with Gasteiger partial charge in [0, 0.05) is 40.1 Å². The predicted octanol–water partition coefficient (Wildman–Crippen LogP) is 6.76. The SMILES string of the molecule is C[C@H]1[C@H]([Si](C)(C)F)[C@@H](CC(=O)N2CCC[C@H]2CO)O[C@]12C(=O)N(Cc1cccc(N3C(=O)CCc4ccccc43)c1)c1ccc(Br)cc12. The molecule has 0 radical (unpaired) electrons. The Kier molecular flexibility index (Phi) is 8.63. The van der Waals surface area contributed by atoms with Gasteiger partial charge in [0.25, 0.3) is 5.91 Å². The Bertz CT molecular complexity index is 1780. The van der Waals surface area contributed by atoms with Gasteiger partial charge in [-0.2, -0.15) is 0 Å². The van der Waals surface area contributed by atoms with E-state index in [4.69, 9.17) is 4.74 Å². The summed E-state index contributed by atoms with van der Waals surface area (Å²) in [5.74, 6) is -0.963. The normalized spacial score (nSPS) is 26.8. The van der Waals surface area contributed by atoms with E-state index in [-0.39, 0.29) is 43.3 Å². The van der Waals surface area contributed by atoms with Crippen LogP contribution in [0.4, 0.5) is 21.2 Å². The van der Waals surface area contributed by atoms with Crippen LogP contribution in [-0.4, -0.2) is 61.4 Å². The number of nitrogens with zero attached hydrogens (tertiary/aromatic N) is 3. The number of ether oxygens (including phenoxy) is 1. The van der Waals surface area contributed by atoms with E-state index in [9.17, 15) is 19.5 Å². The fourth-order valence-electron chi connectivity index (χ4n) is 8.71. The third-order valence-corrected chi connectivity index (χ3v) is 13.8. The van der Waals surface area contributed by atoms with Gasteiger partial charge in [-0.3, -0.25) is 19.3 Å². The maximum absolute atomic E-state index is 16.3. The highest BCUT2D eigenvalue weighted by atomic mass is 79.9. The van der Waals surface area contributed by atoms with E-state index < -0.39 is 31.6 Å². The quantitative estimate of drug-likeness (QED) is 0.214. The molecule has 2 saturated heterocycles. The summed E-state index contributed by atoms with van der Waals surface area (Å²) in [5, 5.41) is 9.85. The second kappa shape index (κ2) is 12.5. The van der Waals surface area contributed by atoms with E-state index in [2.05, 4.69) is 15.9 Å². The number of carbonyl (C=O) groups excluding carboxylic acids is 3. The van der Waals surface area contributed by atoms with Crippen molar-refractivity contribution in [1.29, 1.82) is 0 Å². The molecular formula is C37H41BrFN3O5Si. The molecule has 3 aromatic rings. The number of halogens is 2. The van der Waals surface area contributed by atoms with Crippen LogP contribution in [0.25, 0.3) is 0 Å². The molecule has 1 N–H and O–H groups in total. The first kappa shape index (κ1) is 33.1. The maximum Gasteiger partial charge on any atom is 0.264 e. The van der Waals surface area contributed by atoms with Gasteiger partial charge in [-0.1, -0.05) is 53.2 Å². The lowest BCUT2D eigenvalue weighted by atomic mass is 9.82. The zero-order valence-corrected chi connectivity index (χ0v) is 30.1. The highest BCUT2D eigenvalue weighted by molar-refractivity contribution is 9.10. The number of para-hydroxylation sites is 1. The Morgan fingerprint density at radius 1 is 1.06 bits per heavy atom. The molecule has 0 aromatic heterocycles.